The summed E-state index contributed by atoms with van der Waals surface area (Å²) in [7, 11) is -5.96. The molecule has 0 amide bonds. The predicted octanol–water partition coefficient (Wildman–Crippen LogP) is 4.07. The van der Waals surface area contributed by atoms with Crippen LogP contribution < -0.4 is 15.4 Å². The van der Waals surface area contributed by atoms with Crippen LogP contribution in [0.4, 0.5) is 24.5 Å². The number of rotatable bonds is 7. The predicted molar refractivity (Wildman–Crippen MR) is 127 cm³/mol. The van der Waals surface area contributed by atoms with Gasteiger partial charge in [-0.2, -0.15) is 21.6 Å². The van der Waals surface area contributed by atoms with Crippen LogP contribution in [-0.4, -0.2) is 43.0 Å². The molecule has 0 aliphatic carbocycles. The molecular formula is C20H20ClF3N4O4S2. The molecule has 0 aromatic heterocycles. The molecule has 8 nitrogen and oxygen atoms in total. The third-order valence-electron chi connectivity index (χ3n) is 5.45. The molecule has 0 radical (unpaired) electrons. The summed E-state index contributed by atoms with van der Waals surface area (Å²) in [5, 5.41) is 15.1. The van der Waals surface area contributed by atoms with Gasteiger partial charge in [-0.15, -0.1) is 0 Å². The van der Waals surface area contributed by atoms with Crippen LogP contribution in [0.15, 0.2) is 42.5 Å². The van der Waals surface area contributed by atoms with Crippen molar-refractivity contribution in [1.82, 2.24) is 5.32 Å². The average molecular weight is 537 g/mol. The van der Waals surface area contributed by atoms with E-state index < -0.39 is 43.8 Å². The number of nitrogens with two attached hydrogens (primary N) is 1. The van der Waals surface area contributed by atoms with Crippen LogP contribution in [0, 0.1) is 10.1 Å². The van der Waals surface area contributed by atoms with Crippen molar-refractivity contribution in [3.8, 4) is 0 Å². The van der Waals surface area contributed by atoms with E-state index in [1.807, 2.05) is 0 Å². The molecule has 0 spiro atoms. The lowest BCUT2D eigenvalue weighted by atomic mass is 9.90. The zero-order chi connectivity index (χ0) is 25.3. The van der Waals surface area contributed by atoms with E-state index in [-0.39, 0.29) is 40.8 Å². The molecule has 1 aliphatic heterocycles. The Balaban J connectivity index is 2.26. The Labute approximate surface area is 204 Å². The molecule has 3 rings (SSSR count). The quantitative estimate of drug-likeness (QED) is 0.311. The van der Waals surface area contributed by atoms with Crippen LogP contribution in [0.25, 0.3) is 0 Å². The summed E-state index contributed by atoms with van der Waals surface area (Å²) in [6.45, 7) is 0.505. The molecule has 184 valence electrons. The largest absolute Gasteiger partial charge is 0.516 e. The highest BCUT2D eigenvalue weighted by Gasteiger charge is 2.53. The highest BCUT2D eigenvalue weighted by Crippen LogP contribution is 2.41. The van der Waals surface area contributed by atoms with Crippen LogP contribution in [0.1, 0.15) is 29.9 Å². The molecule has 1 unspecified atom stereocenters. The molecule has 34 heavy (non-hydrogen) atoms. The van der Waals surface area contributed by atoms with E-state index in [9.17, 15) is 31.7 Å². The fraction of sp³-hybridized carbons (Fsp3) is 0.350. The van der Waals surface area contributed by atoms with Crippen molar-refractivity contribution in [1.29, 1.82) is 0 Å². The van der Waals surface area contributed by atoms with Crippen LogP contribution in [0.5, 0.6) is 0 Å². The smallest absolute Gasteiger partial charge is 0.393 e. The molecule has 2 aromatic rings. The summed E-state index contributed by atoms with van der Waals surface area (Å²) in [4.78, 5) is 10.8. The number of sulfonamides is 1. The maximum absolute atomic E-state index is 13.7. The van der Waals surface area contributed by atoms with Crippen molar-refractivity contribution in [3.63, 3.8) is 0 Å². The summed E-state index contributed by atoms with van der Waals surface area (Å²) in [6, 6.07) is 8.48. The van der Waals surface area contributed by atoms with Gasteiger partial charge in [0.2, 0.25) is 0 Å². The molecule has 0 saturated carbocycles. The standard InChI is InChI=1S/C20H20ClF3N4O4S2/c21-14-4-1-12(2-5-14)18(19(25)33)13-3-6-16(28(29)30)17(11-13)27(15-7-9-26-10-8-15)34(31,32)20(22,23)24/h1-6,11,15,18,26H,7-10H2,(H2,25,33). The van der Waals surface area contributed by atoms with Gasteiger partial charge in [-0.1, -0.05) is 42.0 Å². The zero-order valence-electron chi connectivity index (χ0n) is 17.5. The number of nitro benzene ring substituents is 1. The van der Waals surface area contributed by atoms with Gasteiger partial charge in [0.1, 0.15) is 5.69 Å². The molecule has 3 N–H and O–H groups in total. The second-order valence-electron chi connectivity index (χ2n) is 7.62. The first-order valence-electron chi connectivity index (χ1n) is 9.99. The molecule has 1 atom stereocenters. The SMILES string of the molecule is NC(=S)C(c1ccc(Cl)cc1)c1ccc([N+](=O)[O-])c(N(C2CCNCC2)S(=O)(=O)C(F)(F)F)c1. The number of halogens is 4. The number of piperidine rings is 1. The van der Waals surface area contributed by atoms with Crippen LogP contribution in [-0.2, 0) is 10.0 Å². The van der Waals surface area contributed by atoms with Gasteiger partial charge in [0.15, 0.2) is 0 Å². The molecular weight excluding hydrogens is 517 g/mol. The van der Waals surface area contributed by atoms with Crippen molar-refractivity contribution in [2.75, 3.05) is 17.4 Å². The number of alkyl halides is 3. The molecule has 1 fully saturated rings. The van der Waals surface area contributed by atoms with Gasteiger partial charge in [0.25, 0.3) is 5.69 Å². The minimum Gasteiger partial charge on any atom is -0.393 e. The fourth-order valence-electron chi connectivity index (χ4n) is 3.90. The van der Waals surface area contributed by atoms with Crippen molar-refractivity contribution in [3.05, 3.63) is 68.7 Å². The Bertz CT molecular complexity index is 1190. The number of anilines is 1. The Kier molecular flexibility index (Phi) is 7.70. The molecule has 1 saturated heterocycles. The molecule has 14 heteroatoms. The maximum Gasteiger partial charge on any atom is 0.516 e. The number of hydrogen-bond acceptors (Lipinski definition) is 6. The number of nitrogens with one attached hydrogen (secondary N) is 1. The number of hydrogen-bond donors (Lipinski definition) is 2. The maximum atomic E-state index is 13.7. The fourth-order valence-corrected chi connectivity index (χ4v) is 5.53. The second-order valence-corrected chi connectivity index (χ2v) is 10.3. The Morgan fingerprint density at radius 3 is 2.24 bits per heavy atom. The van der Waals surface area contributed by atoms with Gasteiger partial charge >= 0.3 is 15.5 Å². The lowest BCUT2D eigenvalue weighted by Gasteiger charge is -2.35. The minimum absolute atomic E-state index is 0.0343. The second kappa shape index (κ2) is 10.0. The topological polar surface area (TPSA) is 119 Å². The van der Waals surface area contributed by atoms with E-state index in [2.05, 4.69) is 5.32 Å². The lowest BCUT2D eigenvalue weighted by Crippen LogP contribution is -2.50. The first-order valence-corrected chi connectivity index (χ1v) is 12.2. The summed E-state index contributed by atoms with van der Waals surface area (Å²) in [5.74, 6) is -0.852. The monoisotopic (exact) mass is 536 g/mol. The van der Waals surface area contributed by atoms with E-state index in [1.165, 1.54) is 6.07 Å². The molecule has 0 bridgehead atoms. The van der Waals surface area contributed by atoms with Crippen molar-refractivity contribution < 1.29 is 26.5 Å². The van der Waals surface area contributed by atoms with E-state index in [0.717, 1.165) is 12.1 Å². The third kappa shape index (κ3) is 5.27. The molecule has 1 aliphatic rings. The summed E-state index contributed by atoms with van der Waals surface area (Å²) in [5.41, 5.74) is -0.506. The van der Waals surface area contributed by atoms with Crippen LogP contribution in [0.3, 0.4) is 0 Å². The van der Waals surface area contributed by atoms with Gasteiger partial charge in [-0.25, -0.2) is 0 Å². The summed E-state index contributed by atoms with van der Waals surface area (Å²) < 4.78 is 66.5. The average Bonchev–Trinajstić information content (AvgIpc) is 2.75. The van der Waals surface area contributed by atoms with Gasteiger partial charge in [0, 0.05) is 17.1 Å². The van der Waals surface area contributed by atoms with Gasteiger partial charge in [-0.3, -0.25) is 14.4 Å². The first kappa shape index (κ1) is 26.1. The number of thiocarbonyl (C=S) groups is 1. The molecule has 2 aromatic carbocycles. The van der Waals surface area contributed by atoms with Gasteiger partial charge in [-0.05, 0) is 55.3 Å². The third-order valence-corrected chi connectivity index (χ3v) is 7.53. The van der Waals surface area contributed by atoms with E-state index in [0.29, 0.717) is 10.6 Å². The van der Waals surface area contributed by atoms with Crippen LogP contribution in [0.2, 0.25) is 5.02 Å². The summed E-state index contributed by atoms with van der Waals surface area (Å²) in [6.07, 6.45) is 0.0687. The van der Waals surface area contributed by atoms with Gasteiger partial charge in [0.05, 0.1) is 15.8 Å². The number of nitro groups is 1. The number of benzene rings is 2. The normalized spacial score (nSPS) is 16.1. The first-order chi connectivity index (χ1) is 15.8. The van der Waals surface area contributed by atoms with Crippen molar-refractivity contribution in [2.24, 2.45) is 5.73 Å². The highest BCUT2D eigenvalue weighted by molar-refractivity contribution is 7.93. The van der Waals surface area contributed by atoms with E-state index in [4.69, 9.17) is 29.6 Å². The van der Waals surface area contributed by atoms with Gasteiger partial charge < -0.3 is 11.1 Å². The van der Waals surface area contributed by atoms with Crippen molar-refractivity contribution in [2.45, 2.75) is 30.3 Å². The van der Waals surface area contributed by atoms with Crippen LogP contribution >= 0.6 is 23.8 Å². The highest BCUT2D eigenvalue weighted by atomic mass is 35.5. The van der Waals surface area contributed by atoms with E-state index >= 15 is 0 Å². The van der Waals surface area contributed by atoms with E-state index in [1.54, 1.807) is 24.3 Å². The minimum atomic E-state index is -5.96. The Morgan fingerprint density at radius 2 is 1.74 bits per heavy atom. The number of nitrogens with zero attached hydrogens (tertiary/aromatic N) is 2. The van der Waals surface area contributed by atoms with Crippen molar-refractivity contribution >= 4 is 50.2 Å². The Hall–Kier alpha value is -2.48. The lowest BCUT2D eigenvalue weighted by molar-refractivity contribution is -0.384. The summed E-state index contributed by atoms with van der Waals surface area (Å²) >= 11 is 11.1. The Morgan fingerprint density at radius 1 is 1.18 bits per heavy atom. The molecule has 1 heterocycles. The zero-order valence-corrected chi connectivity index (χ0v) is 19.8.